The molecule has 1 amide bonds. The molecule has 0 radical (unpaired) electrons. The molecule has 2 aromatic carbocycles. The summed E-state index contributed by atoms with van der Waals surface area (Å²) in [6.45, 7) is 0.963. The van der Waals surface area contributed by atoms with Crippen molar-refractivity contribution >= 4 is 12.0 Å². The molecule has 3 rings (SSSR count). The van der Waals surface area contributed by atoms with Gasteiger partial charge in [-0.2, -0.15) is 10.5 Å². The Bertz CT molecular complexity index is 874. The maximum atomic E-state index is 12.5. The molecule has 4 nitrogen and oxygen atoms in total. The van der Waals surface area contributed by atoms with Crippen LogP contribution in [0.1, 0.15) is 22.6 Å². The summed E-state index contributed by atoms with van der Waals surface area (Å²) in [7, 11) is 0. The van der Waals surface area contributed by atoms with Crippen LogP contribution in [0.3, 0.4) is 0 Å². The third-order valence-electron chi connectivity index (χ3n) is 4.51. The first-order valence-electron chi connectivity index (χ1n) is 8.13. The lowest BCUT2D eigenvalue weighted by Crippen LogP contribution is -2.27. The molecule has 0 saturated carbocycles. The first kappa shape index (κ1) is 16.5. The van der Waals surface area contributed by atoms with Crippen molar-refractivity contribution < 1.29 is 4.79 Å². The zero-order chi connectivity index (χ0) is 17.6. The van der Waals surface area contributed by atoms with Crippen LogP contribution < -0.4 is 0 Å². The van der Waals surface area contributed by atoms with E-state index >= 15 is 0 Å². The molecule has 1 heterocycles. The summed E-state index contributed by atoms with van der Waals surface area (Å²) in [6.07, 6.45) is 3.15. The molecule has 0 unspecified atom stereocenters. The fraction of sp³-hybridized carbons (Fsp3) is 0.190. The van der Waals surface area contributed by atoms with E-state index in [1.165, 1.54) is 6.08 Å². The number of likely N-dealkylation sites (tertiary alicyclic amines) is 1. The van der Waals surface area contributed by atoms with Crippen molar-refractivity contribution in [2.24, 2.45) is 5.92 Å². The minimum atomic E-state index is -0.203. The van der Waals surface area contributed by atoms with Gasteiger partial charge in [-0.05, 0) is 23.3 Å². The van der Waals surface area contributed by atoms with Gasteiger partial charge in [0.2, 0.25) is 5.91 Å². The number of rotatable bonds is 3. The number of amides is 1. The molecule has 2 aromatic rings. The van der Waals surface area contributed by atoms with Crippen molar-refractivity contribution in [3.8, 4) is 12.1 Å². The van der Waals surface area contributed by atoms with Gasteiger partial charge >= 0.3 is 0 Å². The van der Waals surface area contributed by atoms with Gasteiger partial charge in [0.15, 0.2) is 0 Å². The number of carbonyl (C=O) groups is 1. The van der Waals surface area contributed by atoms with Crippen LogP contribution in [-0.2, 0) is 4.79 Å². The molecule has 0 bridgehead atoms. The first-order valence-corrected chi connectivity index (χ1v) is 8.13. The van der Waals surface area contributed by atoms with Crippen molar-refractivity contribution in [1.82, 2.24) is 4.90 Å². The Kier molecular flexibility index (Phi) is 4.92. The summed E-state index contributed by atoms with van der Waals surface area (Å²) in [4.78, 5) is 14.2. The van der Waals surface area contributed by atoms with Crippen LogP contribution in [0.5, 0.6) is 0 Å². The standard InChI is InChI=1S/C21H17N3O/c22-12-18-9-5-4-6-16(18)10-11-21(25)24-14-19(13-23)20(15-24)17-7-2-1-3-8-17/h1-11,19-20H,14-15H2/b11-10+/t19-,20+/m1/s1. The summed E-state index contributed by atoms with van der Waals surface area (Å²) < 4.78 is 0. The van der Waals surface area contributed by atoms with Gasteiger partial charge in [0.25, 0.3) is 0 Å². The average Bonchev–Trinajstić information content (AvgIpc) is 3.11. The maximum Gasteiger partial charge on any atom is 0.246 e. The fourth-order valence-electron chi connectivity index (χ4n) is 3.16. The van der Waals surface area contributed by atoms with Gasteiger partial charge in [-0.15, -0.1) is 0 Å². The number of hydrogen-bond donors (Lipinski definition) is 0. The van der Waals surface area contributed by atoms with E-state index in [0.717, 1.165) is 5.56 Å². The van der Waals surface area contributed by atoms with Crippen LogP contribution in [0.15, 0.2) is 60.7 Å². The number of hydrogen-bond acceptors (Lipinski definition) is 3. The number of nitriles is 2. The van der Waals surface area contributed by atoms with Crippen LogP contribution in [0.25, 0.3) is 6.08 Å². The van der Waals surface area contributed by atoms with Crippen LogP contribution >= 0.6 is 0 Å². The second kappa shape index (κ2) is 7.47. The van der Waals surface area contributed by atoms with E-state index in [0.29, 0.717) is 24.2 Å². The Morgan fingerprint density at radius 1 is 1.04 bits per heavy atom. The summed E-state index contributed by atoms with van der Waals surface area (Å²) in [5.41, 5.74) is 2.34. The lowest BCUT2D eigenvalue weighted by molar-refractivity contribution is -0.125. The second-order valence-corrected chi connectivity index (χ2v) is 6.03. The Morgan fingerprint density at radius 2 is 1.76 bits per heavy atom. The van der Waals surface area contributed by atoms with Crippen molar-refractivity contribution in [2.45, 2.75) is 5.92 Å². The van der Waals surface area contributed by atoms with Gasteiger partial charge in [0, 0.05) is 25.1 Å². The number of benzene rings is 2. The molecule has 1 aliphatic rings. The van der Waals surface area contributed by atoms with Crippen molar-refractivity contribution in [3.63, 3.8) is 0 Å². The summed E-state index contributed by atoms with van der Waals surface area (Å²) in [5, 5.41) is 18.5. The van der Waals surface area contributed by atoms with E-state index in [1.807, 2.05) is 36.4 Å². The normalized spacial score (nSPS) is 19.5. The van der Waals surface area contributed by atoms with E-state index in [4.69, 9.17) is 5.26 Å². The Morgan fingerprint density at radius 3 is 2.48 bits per heavy atom. The number of carbonyl (C=O) groups excluding carboxylic acids is 1. The Balaban J connectivity index is 1.74. The topological polar surface area (TPSA) is 67.9 Å². The molecule has 25 heavy (non-hydrogen) atoms. The molecular formula is C21H17N3O. The molecule has 4 heteroatoms. The van der Waals surface area contributed by atoms with E-state index in [9.17, 15) is 10.1 Å². The largest absolute Gasteiger partial charge is 0.337 e. The average molecular weight is 327 g/mol. The fourth-order valence-corrected chi connectivity index (χ4v) is 3.16. The highest BCUT2D eigenvalue weighted by molar-refractivity contribution is 5.92. The van der Waals surface area contributed by atoms with Crippen molar-refractivity contribution in [1.29, 1.82) is 10.5 Å². The summed E-state index contributed by atoms with van der Waals surface area (Å²) in [5.74, 6) is -0.299. The zero-order valence-electron chi connectivity index (χ0n) is 13.7. The minimum absolute atomic E-state index is 0.0370. The van der Waals surface area contributed by atoms with Gasteiger partial charge < -0.3 is 4.90 Å². The van der Waals surface area contributed by atoms with Crippen LogP contribution in [0, 0.1) is 28.6 Å². The summed E-state index contributed by atoms with van der Waals surface area (Å²) in [6, 6.07) is 21.4. The van der Waals surface area contributed by atoms with Crippen molar-refractivity contribution in [3.05, 3.63) is 77.4 Å². The van der Waals surface area contributed by atoms with Gasteiger partial charge in [-0.1, -0.05) is 48.5 Å². The Hall–Kier alpha value is -3.37. The van der Waals surface area contributed by atoms with Crippen LogP contribution in [0.2, 0.25) is 0 Å². The van der Waals surface area contributed by atoms with Crippen LogP contribution in [0.4, 0.5) is 0 Å². The lowest BCUT2D eigenvalue weighted by Gasteiger charge is -2.14. The van der Waals surface area contributed by atoms with Gasteiger partial charge in [-0.3, -0.25) is 4.79 Å². The molecule has 0 N–H and O–H groups in total. The Labute approximate surface area is 147 Å². The lowest BCUT2D eigenvalue weighted by atomic mass is 9.90. The highest BCUT2D eigenvalue weighted by atomic mass is 16.2. The monoisotopic (exact) mass is 327 g/mol. The van der Waals surface area contributed by atoms with E-state index in [2.05, 4.69) is 12.1 Å². The van der Waals surface area contributed by atoms with Crippen molar-refractivity contribution in [2.75, 3.05) is 13.1 Å². The smallest absolute Gasteiger partial charge is 0.246 e. The highest BCUT2D eigenvalue weighted by Gasteiger charge is 2.35. The molecule has 1 saturated heterocycles. The maximum absolute atomic E-state index is 12.5. The molecule has 122 valence electrons. The predicted molar refractivity (Wildman–Crippen MR) is 95.1 cm³/mol. The quantitative estimate of drug-likeness (QED) is 0.812. The van der Waals surface area contributed by atoms with E-state index in [-0.39, 0.29) is 17.7 Å². The molecular weight excluding hydrogens is 310 g/mol. The predicted octanol–water partition coefficient (Wildman–Crippen LogP) is 3.34. The third-order valence-corrected chi connectivity index (χ3v) is 4.51. The third kappa shape index (κ3) is 3.59. The summed E-state index contributed by atoms with van der Waals surface area (Å²) >= 11 is 0. The molecule has 0 aromatic heterocycles. The zero-order valence-corrected chi connectivity index (χ0v) is 13.7. The minimum Gasteiger partial charge on any atom is -0.337 e. The SMILES string of the molecule is N#Cc1ccccc1/C=C/C(=O)N1C[C@@H](C#N)[C@H](c2ccccc2)C1. The van der Waals surface area contributed by atoms with E-state index < -0.39 is 0 Å². The first-order chi connectivity index (χ1) is 12.2. The number of nitrogens with zero attached hydrogens (tertiary/aromatic N) is 3. The molecule has 1 fully saturated rings. The second-order valence-electron chi connectivity index (χ2n) is 6.03. The van der Waals surface area contributed by atoms with Crippen LogP contribution in [-0.4, -0.2) is 23.9 Å². The molecule has 2 atom stereocenters. The molecule has 1 aliphatic heterocycles. The molecule has 0 aliphatic carbocycles. The van der Waals surface area contributed by atoms with Gasteiger partial charge in [0.1, 0.15) is 0 Å². The van der Waals surface area contributed by atoms with Gasteiger partial charge in [-0.25, -0.2) is 0 Å². The highest BCUT2D eigenvalue weighted by Crippen LogP contribution is 2.32. The molecule has 0 spiro atoms. The van der Waals surface area contributed by atoms with E-state index in [1.54, 1.807) is 29.2 Å². The van der Waals surface area contributed by atoms with Gasteiger partial charge in [0.05, 0.1) is 23.6 Å².